The third-order valence-electron chi connectivity index (χ3n) is 13.7. The van der Waals surface area contributed by atoms with Crippen LogP contribution in [0.5, 0.6) is 0 Å². The average molecular weight is 875 g/mol. The fourth-order valence-electron chi connectivity index (χ4n) is 9.98. The summed E-state index contributed by atoms with van der Waals surface area (Å²) < 4.78 is 14.1. The first-order valence-electron chi connectivity index (χ1n) is 23.0. The van der Waals surface area contributed by atoms with Crippen LogP contribution >= 0.6 is 0 Å². The van der Waals surface area contributed by atoms with Gasteiger partial charge in [-0.2, -0.15) is 0 Å². The summed E-state index contributed by atoms with van der Waals surface area (Å²) in [6.45, 7) is 8.32. The quantitative estimate of drug-likeness (QED) is 0.0984. The van der Waals surface area contributed by atoms with E-state index in [1.165, 1.54) is 61.4 Å². The molecule has 4 aliphatic heterocycles. The molecule has 0 atom stereocenters. The van der Waals surface area contributed by atoms with Crippen LogP contribution < -0.4 is 20.4 Å². The van der Waals surface area contributed by atoms with E-state index >= 15 is 0 Å². The number of likely N-dealkylation sites (tertiary alicyclic amines) is 2. The molecular weight excluding hydrogens is 816 g/mol. The molecule has 6 heterocycles. The standard InChI is InChI=1S/C49H59FN8O6/c50-43-7-3-2-6-40(43)47(60)54-38-30-42(49(63)64)44(52-32-38)57-24-15-33(16-25-57)12-21-55-22-13-35(14-23-55)28-34-8-10-36(11-9-34)46(59)53-37-29-41(48(61)62)45(51-31-37)58-26-17-39(18-27-58)56-19-4-1-5-20-56/h2-3,6-11,29-33,35,39H,1,4-5,12-28H2,(H,53,59)(H,54,60)(H,61,62)(H,63,64). The second-order valence-corrected chi connectivity index (χ2v) is 17.9. The highest BCUT2D eigenvalue weighted by Crippen LogP contribution is 2.31. The Morgan fingerprint density at radius 3 is 1.75 bits per heavy atom. The smallest absolute Gasteiger partial charge is 0.339 e. The second-order valence-electron chi connectivity index (χ2n) is 17.9. The number of carbonyl (C=O) groups is 4. The number of pyridine rings is 2. The molecule has 14 nitrogen and oxygen atoms in total. The lowest BCUT2D eigenvalue weighted by molar-refractivity contribution is 0.0686. The van der Waals surface area contributed by atoms with Crippen LogP contribution in [-0.4, -0.2) is 119 Å². The summed E-state index contributed by atoms with van der Waals surface area (Å²) >= 11 is 0. The summed E-state index contributed by atoms with van der Waals surface area (Å²) in [5, 5.41) is 25.5. The van der Waals surface area contributed by atoms with E-state index in [0.717, 1.165) is 97.2 Å². The van der Waals surface area contributed by atoms with Gasteiger partial charge in [-0.15, -0.1) is 0 Å². The van der Waals surface area contributed by atoms with Crippen LogP contribution in [0.2, 0.25) is 0 Å². The molecule has 4 fully saturated rings. The van der Waals surface area contributed by atoms with Crippen LogP contribution in [0.1, 0.15) is 111 Å². The van der Waals surface area contributed by atoms with Crippen molar-refractivity contribution < 1.29 is 33.8 Å². The van der Waals surface area contributed by atoms with Gasteiger partial charge >= 0.3 is 11.9 Å². The van der Waals surface area contributed by atoms with E-state index in [9.17, 15) is 33.8 Å². The van der Waals surface area contributed by atoms with Crippen molar-refractivity contribution in [2.75, 3.05) is 79.3 Å². The van der Waals surface area contributed by atoms with Crippen molar-refractivity contribution in [3.63, 3.8) is 0 Å². The summed E-state index contributed by atoms with van der Waals surface area (Å²) in [5.41, 5.74) is 2.20. The van der Waals surface area contributed by atoms with Crippen molar-refractivity contribution in [1.29, 1.82) is 0 Å². The predicted molar refractivity (Wildman–Crippen MR) is 244 cm³/mol. The third-order valence-corrected chi connectivity index (χ3v) is 13.7. The summed E-state index contributed by atoms with van der Waals surface area (Å²) in [6.07, 6.45) is 14.9. The van der Waals surface area contributed by atoms with Gasteiger partial charge in [0.1, 0.15) is 28.6 Å². The van der Waals surface area contributed by atoms with Crippen molar-refractivity contribution in [3.05, 3.63) is 107 Å². The molecule has 4 N–H and O–H groups in total. The van der Waals surface area contributed by atoms with E-state index in [2.05, 4.69) is 35.3 Å². The molecule has 64 heavy (non-hydrogen) atoms. The molecule has 2 aromatic heterocycles. The van der Waals surface area contributed by atoms with Gasteiger partial charge in [0, 0.05) is 37.8 Å². The highest BCUT2D eigenvalue weighted by Gasteiger charge is 2.30. The minimum absolute atomic E-state index is 0.00486. The molecular formula is C49H59FN8O6. The minimum Gasteiger partial charge on any atom is -0.478 e. The number of hydrogen-bond acceptors (Lipinski definition) is 10. The number of halogens is 1. The minimum atomic E-state index is -1.14. The number of hydrogen-bond donors (Lipinski definition) is 4. The van der Waals surface area contributed by atoms with Crippen LogP contribution in [0.15, 0.2) is 73.1 Å². The molecule has 4 aromatic rings. The number of carbonyl (C=O) groups excluding carboxylic acids is 2. The van der Waals surface area contributed by atoms with Crippen molar-refractivity contribution in [1.82, 2.24) is 19.8 Å². The number of nitrogens with one attached hydrogen (secondary N) is 2. The van der Waals surface area contributed by atoms with Gasteiger partial charge in [-0.3, -0.25) is 9.59 Å². The SMILES string of the molecule is O=C(Nc1cnc(N2CCC(N3CCCCC3)CC2)c(C(=O)O)c1)c1ccc(CC2CCN(CCC3CCN(c4ncc(NC(=O)c5ccccc5F)cc4C(=O)O)CC3)CC2)cc1. The van der Waals surface area contributed by atoms with E-state index in [1.807, 2.05) is 29.2 Å². The summed E-state index contributed by atoms with van der Waals surface area (Å²) in [7, 11) is 0. The lowest BCUT2D eigenvalue weighted by Gasteiger charge is -2.40. The molecule has 0 bridgehead atoms. The molecule has 0 aliphatic carbocycles. The zero-order chi connectivity index (χ0) is 44.6. The molecule has 0 saturated carbocycles. The summed E-state index contributed by atoms with van der Waals surface area (Å²) in [6, 6.07) is 16.8. The Balaban J connectivity index is 0.750. The van der Waals surface area contributed by atoms with Crippen LogP contribution in [0, 0.1) is 17.7 Å². The third kappa shape index (κ3) is 11.0. The maximum absolute atomic E-state index is 14.1. The van der Waals surface area contributed by atoms with Crippen LogP contribution in [-0.2, 0) is 6.42 Å². The Kier molecular flexibility index (Phi) is 14.5. The maximum Gasteiger partial charge on any atom is 0.339 e. The van der Waals surface area contributed by atoms with Gasteiger partial charge in [-0.25, -0.2) is 23.9 Å². The highest BCUT2D eigenvalue weighted by atomic mass is 19.1. The molecule has 0 radical (unpaired) electrons. The van der Waals surface area contributed by atoms with Crippen molar-refractivity contribution in [2.24, 2.45) is 11.8 Å². The number of aromatic nitrogens is 2. The number of carboxylic acids is 2. The lowest BCUT2D eigenvalue weighted by atomic mass is 9.89. The van der Waals surface area contributed by atoms with Crippen LogP contribution in [0.4, 0.5) is 27.4 Å². The zero-order valence-corrected chi connectivity index (χ0v) is 36.4. The number of rotatable bonds is 14. The van der Waals surface area contributed by atoms with Gasteiger partial charge in [0.2, 0.25) is 0 Å². The van der Waals surface area contributed by atoms with Gasteiger partial charge in [-0.1, -0.05) is 30.7 Å². The average Bonchev–Trinajstić information content (AvgIpc) is 3.32. The topological polar surface area (TPSA) is 172 Å². The first kappa shape index (κ1) is 44.7. The molecule has 0 unspecified atom stereocenters. The van der Waals surface area contributed by atoms with E-state index in [0.29, 0.717) is 53.9 Å². The molecule has 15 heteroatoms. The Morgan fingerprint density at radius 1 is 0.625 bits per heavy atom. The van der Waals surface area contributed by atoms with Gasteiger partial charge in [0.15, 0.2) is 0 Å². The molecule has 2 amide bonds. The lowest BCUT2D eigenvalue weighted by Crippen LogP contribution is -2.47. The monoisotopic (exact) mass is 874 g/mol. The number of amides is 2. The molecule has 338 valence electrons. The predicted octanol–water partition coefficient (Wildman–Crippen LogP) is 7.53. The second kappa shape index (κ2) is 20.7. The molecule has 4 saturated heterocycles. The fourth-order valence-corrected chi connectivity index (χ4v) is 9.98. The summed E-state index contributed by atoms with van der Waals surface area (Å²) in [5.74, 6) is -1.92. The molecule has 0 spiro atoms. The first-order chi connectivity index (χ1) is 31.1. The van der Waals surface area contributed by atoms with Crippen LogP contribution in [0.25, 0.3) is 0 Å². The van der Waals surface area contributed by atoms with Gasteiger partial charge in [-0.05, 0) is 151 Å². The van der Waals surface area contributed by atoms with Gasteiger partial charge in [0.05, 0.1) is 29.3 Å². The van der Waals surface area contributed by atoms with Crippen molar-refractivity contribution in [3.8, 4) is 0 Å². The first-order valence-corrected chi connectivity index (χ1v) is 23.0. The Bertz CT molecular complexity index is 2280. The van der Waals surface area contributed by atoms with E-state index < -0.39 is 23.7 Å². The highest BCUT2D eigenvalue weighted by molar-refractivity contribution is 6.06. The van der Waals surface area contributed by atoms with E-state index in [4.69, 9.17) is 0 Å². The number of benzene rings is 2. The largest absolute Gasteiger partial charge is 0.478 e. The number of nitrogens with zero attached hydrogens (tertiary/aromatic N) is 6. The zero-order valence-electron chi connectivity index (χ0n) is 36.4. The van der Waals surface area contributed by atoms with Crippen molar-refractivity contribution >= 4 is 46.8 Å². The van der Waals surface area contributed by atoms with Crippen molar-refractivity contribution in [2.45, 2.75) is 76.7 Å². The Hall–Kier alpha value is -5.93. The number of aromatic carboxylic acids is 2. The summed E-state index contributed by atoms with van der Waals surface area (Å²) in [4.78, 5) is 68.5. The number of anilines is 4. The van der Waals surface area contributed by atoms with Crippen LogP contribution in [0.3, 0.4) is 0 Å². The Labute approximate surface area is 373 Å². The Morgan fingerprint density at radius 2 is 1.17 bits per heavy atom. The number of carboxylic acid groups (broad SMARTS) is 2. The van der Waals surface area contributed by atoms with E-state index in [-0.39, 0.29) is 28.3 Å². The maximum atomic E-state index is 14.1. The fraction of sp³-hybridized carbons (Fsp3) is 0.469. The molecule has 4 aliphatic rings. The van der Waals surface area contributed by atoms with Gasteiger partial charge in [0.25, 0.3) is 11.8 Å². The normalized spacial score (nSPS) is 18.5. The van der Waals surface area contributed by atoms with Gasteiger partial charge < -0.3 is 40.4 Å². The van der Waals surface area contributed by atoms with E-state index in [1.54, 1.807) is 12.3 Å². The number of piperidine rings is 4. The molecule has 8 rings (SSSR count). The molecule has 2 aromatic carbocycles.